The Hall–Kier alpha value is -1.24. The molecule has 0 aliphatic heterocycles. The number of carbonyl (C=O) groups is 2. The highest BCUT2D eigenvalue weighted by atomic mass is 16.4. The minimum Gasteiger partial charge on any atom is -0.481 e. The van der Waals surface area contributed by atoms with Crippen LogP contribution in [-0.2, 0) is 9.59 Å². The zero-order chi connectivity index (χ0) is 25.4. The van der Waals surface area contributed by atoms with Crippen molar-refractivity contribution in [2.24, 2.45) is 23.2 Å². The Labute approximate surface area is 201 Å². The first-order chi connectivity index (χ1) is 15.5. The summed E-state index contributed by atoms with van der Waals surface area (Å²) in [6.45, 7) is 9.28. The number of aliphatic hydroxyl groups excluding tert-OH is 3. The predicted molar refractivity (Wildman–Crippen MR) is 133 cm³/mol. The molecule has 0 fully saturated rings. The van der Waals surface area contributed by atoms with E-state index >= 15 is 0 Å². The zero-order valence-electron chi connectivity index (χ0n) is 21.7. The van der Waals surface area contributed by atoms with Crippen LogP contribution in [0, 0.1) is 23.2 Å². The van der Waals surface area contributed by atoms with Crippen LogP contribution in [-0.4, -0.2) is 51.5 Å². The van der Waals surface area contributed by atoms with Crippen molar-refractivity contribution in [2.75, 3.05) is 13.2 Å². The number of Topliss-reactive ketones (excluding diaryl/α,β-unsaturated/α-hetero) is 1. The number of hydrogen-bond acceptors (Lipinski definition) is 5. The predicted octanol–water partition coefficient (Wildman–Crippen LogP) is 5.14. The number of rotatable bonds is 20. The fourth-order valence-electron chi connectivity index (χ4n) is 4.19. The van der Waals surface area contributed by atoms with Crippen molar-refractivity contribution in [3.63, 3.8) is 0 Å². The molecule has 0 aliphatic carbocycles. The lowest BCUT2D eigenvalue weighted by Gasteiger charge is -2.29. The molecule has 0 aliphatic rings. The quantitative estimate of drug-likeness (QED) is 0.183. The number of carbonyl (C=O) groups excluding carboxylic acids is 1. The molecule has 0 heterocycles. The van der Waals surface area contributed by atoms with E-state index in [0.717, 1.165) is 24.7 Å². The van der Waals surface area contributed by atoms with Crippen molar-refractivity contribution < 1.29 is 30.0 Å². The molecule has 3 atom stereocenters. The Morgan fingerprint density at radius 2 is 1.30 bits per heavy atom. The molecule has 0 radical (unpaired) electrons. The molecule has 6 heteroatoms. The van der Waals surface area contributed by atoms with Gasteiger partial charge in [0.2, 0.25) is 0 Å². The Morgan fingerprint density at radius 1 is 0.818 bits per heavy atom. The van der Waals surface area contributed by atoms with Gasteiger partial charge in [0.15, 0.2) is 5.78 Å². The summed E-state index contributed by atoms with van der Waals surface area (Å²) in [7, 11) is 0. The van der Waals surface area contributed by atoms with E-state index in [1.807, 2.05) is 13.0 Å². The summed E-state index contributed by atoms with van der Waals surface area (Å²) in [5.74, 6) is 0.0541. The van der Waals surface area contributed by atoms with Crippen LogP contribution in [0.4, 0.5) is 0 Å². The highest BCUT2D eigenvalue weighted by Gasteiger charge is 2.47. The van der Waals surface area contributed by atoms with E-state index in [0.29, 0.717) is 12.3 Å². The number of aliphatic hydroxyl groups is 3. The number of aliphatic carboxylic acids is 1. The average molecular weight is 471 g/mol. The summed E-state index contributed by atoms with van der Waals surface area (Å²) in [4.78, 5) is 23.5. The van der Waals surface area contributed by atoms with Gasteiger partial charge in [-0.3, -0.25) is 9.59 Å². The normalized spacial score (nSPS) is 15.5. The van der Waals surface area contributed by atoms with Crippen molar-refractivity contribution in [1.29, 1.82) is 0 Å². The largest absolute Gasteiger partial charge is 0.481 e. The maximum absolute atomic E-state index is 12.2. The van der Waals surface area contributed by atoms with E-state index < -0.39 is 36.5 Å². The first-order valence-electron chi connectivity index (χ1n) is 12.8. The molecule has 6 nitrogen and oxygen atoms in total. The molecule has 0 aromatic carbocycles. The third-order valence-electron chi connectivity index (χ3n) is 6.84. The first kappa shape index (κ1) is 31.8. The van der Waals surface area contributed by atoms with Crippen LogP contribution in [0.25, 0.3) is 0 Å². The van der Waals surface area contributed by atoms with Gasteiger partial charge in [-0.1, -0.05) is 84.3 Å². The lowest BCUT2D eigenvalue weighted by atomic mass is 9.80. The number of carboxylic acid groups (broad SMARTS) is 1. The van der Waals surface area contributed by atoms with E-state index in [1.54, 1.807) is 0 Å². The first-order valence-corrected chi connectivity index (χ1v) is 12.8. The monoisotopic (exact) mass is 470 g/mol. The van der Waals surface area contributed by atoms with Crippen LogP contribution >= 0.6 is 0 Å². The number of hydrogen-bond donors (Lipinski definition) is 4. The van der Waals surface area contributed by atoms with Crippen molar-refractivity contribution in [3.05, 3.63) is 11.6 Å². The van der Waals surface area contributed by atoms with Crippen molar-refractivity contribution in [2.45, 2.75) is 111 Å². The fraction of sp³-hybridized carbons (Fsp3) is 0.852. The molecule has 194 valence electrons. The average Bonchev–Trinajstić information content (AvgIpc) is 2.74. The topological polar surface area (TPSA) is 115 Å². The zero-order valence-corrected chi connectivity index (χ0v) is 21.7. The summed E-state index contributed by atoms with van der Waals surface area (Å²) in [5.41, 5.74) is -1.07. The third-order valence-corrected chi connectivity index (χ3v) is 6.84. The van der Waals surface area contributed by atoms with Crippen LogP contribution in [0.2, 0.25) is 0 Å². The van der Waals surface area contributed by atoms with Gasteiger partial charge in [0.25, 0.3) is 0 Å². The number of allylic oxidation sites excluding steroid dienone is 2. The molecule has 0 saturated heterocycles. The fourth-order valence-corrected chi connectivity index (χ4v) is 4.19. The van der Waals surface area contributed by atoms with Crippen LogP contribution in [0.3, 0.4) is 0 Å². The Morgan fingerprint density at radius 3 is 1.76 bits per heavy atom. The van der Waals surface area contributed by atoms with E-state index in [-0.39, 0.29) is 6.42 Å². The van der Waals surface area contributed by atoms with Crippen LogP contribution in [0.5, 0.6) is 0 Å². The number of ketones is 1. The van der Waals surface area contributed by atoms with E-state index in [4.69, 9.17) is 0 Å². The van der Waals surface area contributed by atoms with Gasteiger partial charge in [-0.25, -0.2) is 0 Å². The molecule has 33 heavy (non-hydrogen) atoms. The Kier molecular flexibility index (Phi) is 16.6. The van der Waals surface area contributed by atoms with Crippen molar-refractivity contribution in [1.82, 2.24) is 0 Å². The third kappa shape index (κ3) is 12.7. The van der Waals surface area contributed by atoms with Crippen LogP contribution in [0.1, 0.15) is 105 Å². The maximum atomic E-state index is 12.2. The lowest BCUT2D eigenvalue weighted by Crippen LogP contribution is -2.52. The summed E-state index contributed by atoms with van der Waals surface area (Å²) >= 11 is 0. The summed E-state index contributed by atoms with van der Waals surface area (Å²) < 4.78 is 0. The summed E-state index contributed by atoms with van der Waals surface area (Å²) in [6, 6.07) is 0. The SMILES string of the molecule is CC(=CCCC(=O)C(O)C(CO)(CO)C(=O)O)CCCC(C)CCCC(C)CCCC(C)C. The molecule has 3 unspecified atom stereocenters. The van der Waals surface area contributed by atoms with E-state index in [2.05, 4.69) is 27.7 Å². The molecule has 0 bridgehead atoms. The van der Waals surface area contributed by atoms with Crippen molar-refractivity contribution >= 4 is 11.8 Å². The lowest BCUT2D eigenvalue weighted by molar-refractivity contribution is -0.170. The minimum absolute atomic E-state index is 0.0285. The van der Waals surface area contributed by atoms with Crippen molar-refractivity contribution in [3.8, 4) is 0 Å². The summed E-state index contributed by atoms with van der Waals surface area (Å²) in [5, 5.41) is 37.8. The van der Waals surface area contributed by atoms with Gasteiger partial charge in [-0.05, 0) is 43.9 Å². The number of carboxylic acids is 1. The second-order valence-corrected chi connectivity index (χ2v) is 10.6. The molecular weight excluding hydrogens is 420 g/mol. The Bertz CT molecular complexity index is 579. The molecule has 0 amide bonds. The molecule has 0 spiro atoms. The standard InChI is InChI=1S/C27H50O6/c1-20(2)10-6-11-21(3)12-7-13-22(4)14-8-15-23(5)16-9-17-24(30)25(31)27(18-28,19-29)26(32)33/h16,20-22,25,28-29,31H,6-15,17-19H2,1-5H3,(H,32,33). The van der Waals surface area contributed by atoms with Gasteiger partial charge in [0.1, 0.15) is 11.5 Å². The van der Waals surface area contributed by atoms with Gasteiger partial charge >= 0.3 is 5.97 Å². The molecule has 4 N–H and O–H groups in total. The smallest absolute Gasteiger partial charge is 0.317 e. The molecule has 0 rings (SSSR count). The second-order valence-electron chi connectivity index (χ2n) is 10.6. The van der Waals surface area contributed by atoms with Gasteiger partial charge in [0.05, 0.1) is 13.2 Å². The van der Waals surface area contributed by atoms with Crippen LogP contribution in [0.15, 0.2) is 11.6 Å². The maximum Gasteiger partial charge on any atom is 0.317 e. The molecule has 0 saturated carbocycles. The second kappa shape index (κ2) is 17.2. The molecule has 0 aromatic heterocycles. The van der Waals surface area contributed by atoms with Crippen LogP contribution < -0.4 is 0 Å². The highest BCUT2D eigenvalue weighted by Crippen LogP contribution is 2.25. The highest BCUT2D eigenvalue weighted by molar-refractivity contribution is 5.90. The van der Waals surface area contributed by atoms with Gasteiger partial charge in [-0.2, -0.15) is 0 Å². The summed E-state index contributed by atoms with van der Waals surface area (Å²) in [6.07, 6.45) is 11.5. The molecule has 0 aromatic rings. The van der Waals surface area contributed by atoms with E-state index in [1.165, 1.54) is 50.5 Å². The van der Waals surface area contributed by atoms with Gasteiger partial charge < -0.3 is 20.4 Å². The minimum atomic E-state index is -2.25. The van der Waals surface area contributed by atoms with E-state index in [9.17, 15) is 30.0 Å². The van der Waals surface area contributed by atoms with Gasteiger partial charge in [0, 0.05) is 6.42 Å². The van der Waals surface area contributed by atoms with Gasteiger partial charge in [-0.15, -0.1) is 0 Å². The molecular formula is C27H50O6. The Balaban J connectivity index is 4.15.